The zero-order chi connectivity index (χ0) is 15.0. The van der Waals surface area contributed by atoms with Crippen molar-refractivity contribution < 1.29 is 0 Å². The van der Waals surface area contributed by atoms with Crippen LogP contribution in [0.4, 0.5) is 0 Å². The predicted molar refractivity (Wildman–Crippen MR) is 92.6 cm³/mol. The van der Waals surface area contributed by atoms with Crippen molar-refractivity contribution in [2.24, 2.45) is 5.92 Å². The van der Waals surface area contributed by atoms with Crippen molar-refractivity contribution in [2.75, 3.05) is 5.75 Å². The highest BCUT2D eigenvalue weighted by atomic mass is 32.2. The van der Waals surface area contributed by atoms with Crippen LogP contribution in [0, 0.1) is 5.92 Å². The summed E-state index contributed by atoms with van der Waals surface area (Å²) in [6, 6.07) is 0. The van der Waals surface area contributed by atoms with Crippen LogP contribution in [0.25, 0.3) is 0 Å². The van der Waals surface area contributed by atoms with Gasteiger partial charge in [0.15, 0.2) is 0 Å². The highest BCUT2D eigenvalue weighted by Gasteiger charge is 1.99. The maximum absolute atomic E-state index is 2.29. The molecular weight excluding hydrogens is 236 g/mol. The molecule has 0 heterocycles. The lowest BCUT2D eigenvalue weighted by molar-refractivity contribution is 0.737. The van der Waals surface area contributed by atoms with Crippen LogP contribution in [0.2, 0.25) is 0 Å². The van der Waals surface area contributed by atoms with Gasteiger partial charge >= 0.3 is 0 Å². The molecule has 0 N–H and O–H groups in total. The summed E-state index contributed by atoms with van der Waals surface area (Å²) in [5.74, 6) is 1.98. The van der Waals surface area contributed by atoms with Crippen molar-refractivity contribution in [3.63, 3.8) is 0 Å². The number of thioether (sulfide) groups is 1. The predicted octanol–water partition coefficient (Wildman–Crippen LogP) is 6.73. The molecule has 0 aliphatic rings. The molecule has 0 rings (SSSR count). The van der Waals surface area contributed by atoms with Gasteiger partial charge in [-0.15, -0.1) is 0 Å². The van der Waals surface area contributed by atoms with E-state index in [4.69, 9.17) is 0 Å². The lowest BCUT2D eigenvalue weighted by atomic mass is 10.3. The van der Waals surface area contributed by atoms with E-state index >= 15 is 0 Å². The third-order valence-electron chi connectivity index (χ3n) is 1.86. The second kappa shape index (κ2) is 19.2. The zero-order valence-corrected chi connectivity index (χ0v) is 15.0. The summed E-state index contributed by atoms with van der Waals surface area (Å²) in [4.78, 5) is 0. The SMILES string of the molecule is C/C=C\C(=C/C)CSC(C)CC.CC.CC(C)C. The van der Waals surface area contributed by atoms with Gasteiger partial charge in [-0.05, 0) is 31.8 Å². The van der Waals surface area contributed by atoms with Crippen molar-refractivity contribution >= 4 is 11.8 Å². The molecule has 0 bridgehead atoms. The molecule has 0 nitrogen and oxygen atoms in total. The van der Waals surface area contributed by atoms with E-state index in [0.29, 0.717) is 0 Å². The Labute approximate surface area is 121 Å². The van der Waals surface area contributed by atoms with E-state index in [-0.39, 0.29) is 0 Å². The summed E-state index contributed by atoms with van der Waals surface area (Å²) in [6.45, 7) is 19.2. The highest BCUT2D eigenvalue weighted by Crippen LogP contribution is 2.17. The average molecular weight is 273 g/mol. The molecular formula is C17H36S. The molecule has 0 aromatic rings. The molecule has 0 spiro atoms. The van der Waals surface area contributed by atoms with E-state index in [1.165, 1.54) is 12.0 Å². The van der Waals surface area contributed by atoms with Gasteiger partial charge in [-0.3, -0.25) is 0 Å². The molecule has 0 fully saturated rings. The summed E-state index contributed by atoms with van der Waals surface area (Å²) >= 11 is 2.03. The zero-order valence-electron chi connectivity index (χ0n) is 14.2. The number of hydrogen-bond acceptors (Lipinski definition) is 1. The minimum atomic E-state index is 0.783. The van der Waals surface area contributed by atoms with Crippen LogP contribution in [0.1, 0.15) is 68.7 Å². The van der Waals surface area contributed by atoms with Gasteiger partial charge < -0.3 is 0 Å². The topological polar surface area (TPSA) is 0 Å². The second-order valence-electron chi connectivity index (χ2n) is 4.63. The maximum atomic E-state index is 2.29. The average Bonchev–Trinajstić information content (AvgIpc) is 2.35. The van der Waals surface area contributed by atoms with Gasteiger partial charge in [-0.2, -0.15) is 11.8 Å². The molecule has 0 aliphatic heterocycles. The van der Waals surface area contributed by atoms with Crippen LogP contribution in [0.5, 0.6) is 0 Å². The van der Waals surface area contributed by atoms with Crippen molar-refractivity contribution in [3.8, 4) is 0 Å². The van der Waals surface area contributed by atoms with Crippen LogP contribution in [-0.4, -0.2) is 11.0 Å². The van der Waals surface area contributed by atoms with Crippen LogP contribution in [0.15, 0.2) is 23.8 Å². The fourth-order valence-corrected chi connectivity index (χ4v) is 1.77. The smallest absolute Gasteiger partial charge is 0.0183 e. The lowest BCUT2D eigenvalue weighted by Crippen LogP contribution is -1.95. The van der Waals surface area contributed by atoms with Gasteiger partial charge in [-0.25, -0.2) is 0 Å². The van der Waals surface area contributed by atoms with E-state index < -0.39 is 0 Å². The van der Waals surface area contributed by atoms with E-state index in [0.717, 1.165) is 16.9 Å². The van der Waals surface area contributed by atoms with Crippen LogP contribution in [-0.2, 0) is 0 Å². The van der Waals surface area contributed by atoms with Crippen LogP contribution < -0.4 is 0 Å². The first-order valence-corrected chi connectivity index (χ1v) is 8.42. The molecule has 0 aromatic heterocycles. The summed E-state index contributed by atoms with van der Waals surface area (Å²) in [5, 5.41) is 0.783. The third-order valence-corrected chi connectivity index (χ3v) is 3.26. The number of rotatable bonds is 5. The largest absolute Gasteiger partial charge is 0.154 e. The molecule has 1 heteroatoms. The molecule has 0 aliphatic carbocycles. The molecule has 0 saturated heterocycles. The Bertz CT molecular complexity index is 187. The Balaban J connectivity index is -0.000000317. The number of allylic oxidation sites excluding steroid dienone is 3. The maximum Gasteiger partial charge on any atom is 0.0183 e. The Hall–Kier alpha value is -0.170. The fourth-order valence-electron chi connectivity index (χ4n) is 0.798. The normalized spacial score (nSPS) is 12.7. The van der Waals surface area contributed by atoms with Crippen LogP contribution >= 0.6 is 11.8 Å². The summed E-state index contributed by atoms with van der Waals surface area (Å²) in [7, 11) is 0. The Morgan fingerprint density at radius 3 is 1.78 bits per heavy atom. The summed E-state index contributed by atoms with van der Waals surface area (Å²) in [5.41, 5.74) is 1.43. The van der Waals surface area contributed by atoms with Gasteiger partial charge in [0.05, 0.1) is 0 Å². The third kappa shape index (κ3) is 24.9. The van der Waals surface area contributed by atoms with E-state index in [2.05, 4.69) is 66.7 Å². The molecule has 0 aromatic carbocycles. The van der Waals surface area contributed by atoms with E-state index in [9.17, 15) is 0 Å². The summed E-state index contributed by atoms with van der Waals surface area (Å²) in [6.07, 6.45) is 7.74. The fraction of sp³-hybridized carbons (Fsp3) is 0.765. The molecule has 0 amide bonds. The van der Waals surface area contributed by atoms with Crippen molar-refractivity contribution in [3.05, 3.63) is 23.8 Å². The Morgan fingerprint density at radius 1 is 1.06 bits per heavy atom. The van der Waals surface area contributed by atoms with E-state index in [1.54, 1.807) is 0 Å². The molecule has 1 unspecified atom stereocenters. The van der Waals surface area contributed by atoms with Crippen molar-refractivity contribution in [2.45, 2.75) is 74.0 Å². The molecule has 110 valence electrons. The second-order valence-corrected chi connectivity index (χ2v) is 6.05. The molecule has 18 heavy (non-hydrogen) atoms. The first-order valence-electron chi connectivity index (χ1n) is 7.37. The van der Waals surface area contributed by atoms with Crippen molar-refractivity contribution in [1.29, 1.82) is 0 Å². The van der Waals surface area contributed by atoms with Gasteiger partial charge in [0.2, 0.25) is 0 Å². The van der Waals surface area contributed by atoms with Crippen molar-refractivity contribution in [1.82, 2.24) is 0 Å². The Kier molecular flexibility index (Phi) is 24.5. The summed E-state index contributed by atoms with van der Waals surface area (Å²) < 4.78 is 0. The monoisotopic (exact) mass is 272 g/mol. The quantitative estimate of drug-likeness (QED) is 0.500. The first-order chi connectivity index (χ1) is 8.47. The lowest BCUT2D eigenvalue weighted by Gasteiger charge is -2.07. The highest BCUT2D eigenvalue weighted by molar-refractivity contribution is 8.00. The van der Waals surface area contributed by atoms with E-state index in [1.807, 2.05) is 25.6 Å². The molecule has 0 saturated carbocycles. The Morgan fingerprint density at radius 2 is 1.50 bits per heavy atom. The van der Waals surface area contributed by atoms with Gasteiger partial charge in [0.25, 0.3) is 0 Å². The molecule has 0 radical (unpaired) electrons. The number of hydrogen-bond donors (Lipinski definition) is 0. The standard InChI is InChI=1S/C11H20S.C4H10.C2H6/c1-5-8-11(7-3)9-12-10(4)6-2;1-4(2)3;1-2/h5,7-8,10H,6,9H2,1-4H3;4H,1-3H3;1-2H3/b8-5-,11-7+;;. The van der Waals surface area contributed by atoms with Gasteiger partial charge in [0.1, 0.15) is 0 Å². The minimum Gasteiger partial charge on any atom is -0.154 e. The van der Waals surface area contributed by atoms with Gasteiger partial charge in [0, 0.05) is 11.0 Å². The minimum absolute atomic E-state index is 0.783. The molecule has 1 atom stereocenters. The first kappa shape index (κ1) is 23.0. The van der Waals surface area contributed by atoms with Crippen LogP contribution in [0.3, 0.4) is 0 Å². The van der Waals surface area contributed by atoms with Gasteiger partial charge in [-0.1, -0.05) is 66.7 Å².